The summed E-state index contributed by atoms with van der Waals surface area (Å²) in [4.78, 5) is 11.2. The van der Waals surface area contributed by atoms with E-state index in [1.165, 1.54) is 10.9 Å². The molecule has 0 aromatic carbocycles. The Morgan fingerprint density at radius 3 is 2.59 bits per heavy atom. The van der Waals surface area contributed by atoms with E-state index < -0.39 is 5.82 Å². The average Bonchev–Trinajstić information content (AvgIpc) is 3.56. The minimum atomic E-state index is -0.407. The van der Waals surface area contributed by atoms with E-state index in [9.17, 15) is 9.65 Å². The second-order valence-corrected chi connectivity index (χ2v) is 8.78. The Kier molecular flexibility index (Phi) is 6.51. The van der Waals surface area contributed by atoms with Crippen LogP contribution in [0, 0.1) is 17.1 Å². The number of nitriles is 1. The number of rotatable bonds is 8. The molecule has 0 spiro atoms. The molecule has 5 heterocycles. The number of pyridine rings is 3. The third kappa shape index (κ3) is 4.71. The minimum absolute atomic E-state index is 0.0115. The second-order valence-electron chi connectivity index (χ2n) is 8.78. The molecule has 5 aromatic rings. The Morgan fingerprint density at radius 2 is 1.95 bits per heavy atom. The van der Waals surface area contributed by atoms with Gasteiger partial charge in [0.15, 0.2) is 11.6 Å². The van der Waals surface area contributed by atoms with E-state index in [2.05, 4.69) is 45.3 Å². The summed E-state index contributed by atoms with van der Waals surface area (Å²) in [6, 6.07) is 12.0. The van der Waals surface area contributed by atoms with Crippen LogP contribution in [-0.4, -0.2) is 43.0 Å². The van der Waals surface area contributed by atoms with Gasteiger partial charge in [-0.05, 0) is 43.2 Å². The van der Waals surface area contributed by atoms with E-state index in [4.69, 9.17) is 4.98 Å². The summed E-state index contributed by atoms with van der Waals surface area (Å²) in [5, 5.41) is 21.3. The molecular formula is C27H26FN9. The van der Waals surface area contributed by atoms with Gasteiger partial charge in [-0.3, -0.25) is 0 Å². The summed E-state index contributed by atoms with van der Waals surface area (Å²) >= 11 is 0. The molecule has 0 amide bonds. The summed E-state index contributed by atoms with van der Waals surface area (Å²) < 4.78 is 16.4. The molecule has 0 aliphatic carbocycles. The molecule has 10 heteroatoms. The molecular weight excluding hydrogens is 469 g/mol. The lowest BCUT2D eigenvalue weighted by Crippen LogP contribution is -2.22. The maximum atomic E-state index is 13.3. The molecule has 5 aromatic heterocycles. The molecule has 0 radical (unpaired) electrons. The molecule has 0 saturated heterocycles. The SMILES string of the molecule is CCCNc1cc(-c2ccc(N(C)[C@@H](C)c3ccc(-n4cc(F)cn4)nc3)nc2)c2c(C#N)cnn2c1. The van der Waals surface area contributed by atoms with Crippen molar-refractivity contribution >= 4 is 17.0 Å². The van der Waals surface area contributed by atoms with Gasteiger partial charge in [-0.25, -0.2) is 23.6 Å². The quantitative estimate of drug-likeness (QED) is 0.323. The minimum Gasteiger partial charge on any atom is -0.384 e. The van der Waals surface area contributed by atoms with Crippen molar-refractivity contribution in [3.05, 3.63) is 84.5 Å². The lowest BCUT2D eigenvalue weighted by atomic mass is 10.0. The van der Waals surface area contributed by atoms with Gasteiger partial charge < -0.3 is 10.2 Å². The Hall–Kier alpha value is -4.78. The number of hydrogen-bond acceptors (Lipinski definition) is 7. The highest BCUT2D eigenvalue weighted by Crippen LogP contribution is 2.31. The van der Waals surface area contributed by atoms with Crippen LogP contribution in [0.3, 0.4) is 0 Å². The molecule has 1 atom stereocenters. The molecule has 0 unspecified atom stereocenters. The first-order valence-electron chi connectivity index (χ1n) is 12.0. The van der Waals surface area contributed by atoms with Gasteiger partial charge >= 0.3 is 0 Å². The number of fused-ring (bicyclic) bond motifs is 1. The van der Waals surface area contributed by atoms with Crippen molar-refractivity contribution in [1.29, 1.82) is 5.26 Å². The van der Waals surface area contributed by atoms with Gasteiger partial charge in [0.05, 0.1) is 47.6 Å². The number of anilines is 2. The first-order chi connectivity index (χ1) is 18.0. The van der Waals surface area contributed by atoms with Crippen molar-refractivity contribution in [2.45, 2.75) is 26.3 Å². The van der Waals surface area contributed by atoms with Gasteiger partial charge in [0, 0.05) is 37.1 Å². The molecule has 9 nitrogen and oxygen atoms in total. The highest BCUT2D eigenvalue weighted by atomic mass is 19.1. The Labute approximate surface area is 213 Å². The van der Waals surface area contributed by atoms with Gasteiger partial charge in [0.2, 0.25) is 0 Å². The summed E-state index contributed by atoms with van der Waals surface area (Å²) in [5.41, 5.74) is 4.97. The van der Waals surface area contributed by atoms with Gasteiger partial charge in [0.1, 0.15) is 11.9 Å². The zero-order valence-corrected chi connectivity index (χ0v) is 20.8. The van der Waals surface area contributed by atoms with Crippen molar-refractivity contribution in [2.75, 3.05) is 23.8 Å². The van der Waals surface area contributed by atoms with E-state index in [-0.39, 0.29) is 6.04 Å². The van der Waals surface area contributed by atoms with Crippen molar-refractivity contribution < 1.29 is 4.39 Å². The zero-order chi connectivity index (χ0) is 25.9. The van der Waals surface area contributed by atoms with Gasteiger partial charge in [-0.2, -0.15) is 15.5 Å². The van der Waals surface area contributed by atoms with Crippen molar-refractivity contribution in [1.82, 2.24) is 29.4 Å². The average molecular weight is 496 g/mol. The van der Waals surface area contributed by atoms with Gasteiger partial charge in [-0.15, -0.1) is 0 Å². The third-order valence-electron chi connectivity index (χ3n) is 6.35. The standard InChI is InChI=1S/C27H26FN9/c1-4-9-30-23-10-24(27-21(11-29)14-33-37(27)17-23)20-6-7-25(31-13-20)35(3)18(2)19-5-8-26(32-12-19)36-16-22(28)15-34-36/h5-8,10,12-18,30H,4,9H2,1-3H3/t18-/m0/s1. The highest BCUT2D eigenvalue weighted by molar-refractivity contribution is 5.86. The van der Waals surface area contributed by atoms with Crippen LogP contribution in [0.1, 0.15) is 37.4 Å². The number of halogens is 1. The fourth-order valence-corrected chi connectivity index (χ4v) is 4.17. The fourth-order valence-electron chi connectivity index (χ4n) is 4.17. The third-order valence-corrected chi connectivity index (χ3v) is 6.35. The molecule has 0 fully saturated rings. The Bertz CT molecular complexity index is 1560. The van der Waals surface area contributed by atoms with E-state index in [1.54, 1.807) is 16.9 Å². The molecule has 0 aliphatic rings. The summed E-state index contributed by atoms with van der Waals surface area (Å²) in [6.07, 6.45) is 10.5. The van der Waals surface area contributed by atoms with E-state index in [0.717, 1.165) is 52.9 Å². The van der Waals surface area contributed by atoms with Crippen molar-refractivity contribution in [3.63, 3.8) is 0 Å². The van der Waals surface area contributed by atoms with Crippen LogP contribution in [0.2, 0.25) is 0 Å². The van der Waals surface area contributed by atoms with Crippen LogP contribution < -0.4 is 10.2 Å². The topological polar surface area (TPSA) is 100.0 Å². The van der Waals surface area contributed by atoms with Crippen LogP contribution in [0.5, 0.6) is 0 Å². The lowest BCUT2D eigenvalue weighted by Gasteiger charge is -2.26. The molecule has 0 saturated carbocycles. The van der Waals surface area contributed by atoms with Crippen LogP contribution in [-0.2, 0) is 0 Å². The van der Waals surface area contributed by atoms with Crippen LogP contribution in [0.4, 0.5) is 15.9 Å². The van der Waals surface area contributed by atoms with Crippen molar-refractivity contribution in [2.24, 2.45) is 0 Å². The molecule has 1 N–H and O–H groups in total. The first-order valence-corrected chi connectivity index (χ1v) is 12.0. The number of nitrogens with one attached hydrogen (secondary N) is 1. The smallest absolute Gasteiger partial charge is 0.161 e. The molecule has 0 aliphatic heterocycles. The number of aromatic nitrogens is 6. The fraction of sp³-hybridized carbons (Fsp3) is 0.222. The van der Waals surface area contributed by atoms with Crippen LogP contribution in [0.25, 0.3) is 22.5 Å². The summed E-state index contributed by atoms with van der Waals surface area (Å²) in [6.45, 7) is 5.02. The van der Waals surface area contributed by atoms with Gasteiger partial charge in [0.25, 0.3) is 0 Å². The predicted molar refractivity (Wildman–Crippen MR) is 140 cm³/mol. The number of hydrogen-bond donors (Lipinski definition) is 1. The molecule has 0 bridgehead atoms. The van der Waals surface area contributed by atoms with E-state index in [1.807, 2.05) is 49.8 Å². The molecule has 186 valence electrons. The van der Waals surface area contributed by atoms with E-state index in [0.29, 0.717) is 11.4 Å². The lowest BCUT2D eigenvalue weighted by molar-refractivity contribution is 0.627. The Balaban J connectivity index is 1.40. The predicted octanol–water partition coefficient (Wildman–Crippen LogP) is 5.01. The van der Waals surface area contributed by atoms with Crippen LogP contribution in [0.15, 0.2) is 67.5 Å². The summed E-state index contributed by atoms with van der Waals surface area (Å²) in [5.74, 6) is 0.929. The Morgan fingerprint density at radius 1 is 1.08 bits per heavy atom. The highest BCUT2D eigenvalue weighted by Gasteiger charge is 2.17. The number of nitrogens with zero attached hydrogens (tertiary/aromatic N) is 8. The zero-order valence-electron chi connectivity index (χ0n) is 20.8. The van der Waals surface area contributed by atoms with Gasteiger partial charge in [-0.1, -0.05) is 13.0 Å². The molecule has 5 rings (SSSR count). The second kappa shape index (κ2) is 10.1. The van der Waals surface area contributed by atoms with E-state index >= 15 is 0 Å². The largest absolute Gasteiger partial charge is 0.384 e. The first kappa shape index (κ1) is 23.9. The normalized spacial score (nSPS) is 11.9. The van der Waals surface area contributed by atoms with Crippen molar-refractivity contribution in [3.8, 4) is 23.0 Å². The maximum Gasteiger partial charge on any atom is 0.161 e. The summed E-state index contributed by atoms with van der Waals surface area (Å²) in [7, 11) is 1.97. The maximum absolute atomic E-state index is 13.3. The van der Waals surface area contributed by atoms with Crippen LogP contribution >= 0.6 is 0 Å². The monoisotopic (exact) mass is 495 g/mol. The molecule has 37 heavy (non-hydrogen) atoms.